The van der Waals surface area contributed by atoms with Crippen LogP contribution in [0.15, 0.2) is 18.2 Å². The topological polar surface area (TPSA) is 64.4 Å². The third kappa shape index (κ3) is 2.93. The first kappa shape index (κ1) is 12.4. The largest absolute Gasteiger partial charge is 0.494 e. The highest BCUT2D eigenvalue weighted by molar-refractivity contribution is 5.94. The highest BCUT2D eigenvalue weighted by atomic mass is 19.1. The molecule has 0 radical (unpaired) electrons. The fraction of sp³-hybridized carbons (Fsp3) is 0.364. The van der Waals surface area contributed by atoms with E-state index >= 15 is 0 Å². The van der Waals surface area contributed by atoms with Gasteiger partial charge in [0, 0.05) is 11.8 Å². The molecule has 0 unspecified atom stereocenters. The smallest absolute Gasteiger partial charge is 0.241 e. The Morgan fingerprint density at radius 2 is 2.31 bits per heavy atom. The number of ether oxygens (including phenoxy) is 1. The number of hydrogen-bond donors (Lipinski definition) is 2. The number of anilines is 1. The minimum absolute atomic E-state index is 0.137. The van der Waals surface area contributed by atoms with Crippen molar-refractivity contribution in [2.45, 2.75) is 19.4 Å². The third-order valence-electron chi connectivity index (χ3n) is 2.20. The Morgan fingerprint density at radius 1 is 1.62 bits per heavy atom. The quantitative estimate of drug-likeness (QED) is 0.817. The molecule has 1 rings (SSSR count). The number of benzene rings is 1. The van der Waals surface area contributed by atoms with Crippen LogP contribution < -0.4 is 15.8 Å². The highest BCUT2D eigenvalue weighted by Gasteiger charge is 2.12. The molecule has 1 aromatic rings. The first-order valence-electron chi connectivity index (χ1n) is 4.98. The lowest BCUT2D eigenvalue weighted by Gasteiger charge is -2.10. The van der Waals surface area contributed by atoms with Crippen LogP contribution in [-0.2, 0) is 4.79 Å². The second-order valence-corrected chi connectivity index (χ2v) is 3.35. The molecule has 0 aliphatic carbocycles. The summed E-state index contributed by atoms with van der Waals surface area (Å²) in [6.07, 6.45) is 0.532. The lowest BCUT2D eigenvalue weighted by molar-refractivity contribution is -0.117. The maximum atomic E-state index is 13.3. The Bertz CT molecular complexity index is 382. The molecule has 0 bridgehead atoms. The minimum atomic E-state index is -0.579. The van der Waals surface area contributed by atoms with E-state index in [4.69, 9.17) is 10.5 Å². The lowest BCUT2D eigenvalue weighted by Crippen LogP contribution is -2.34. The molecular weight excluding hydrogens is 211 g/mol. The Morgan fingerprint density at radius 3 is 2.81 bits per heavy atom. The van der Waals surface area contributed by atoms with E-state index in [1.807, 2.05) is 0 Å². The molecule has 0 heterocycles. The van der Waals surface area contributed by atoms with Crippen LogP contribution in [0, 0.1) is 5.82 Å². The van der Waals surface area contributed by atoms with E-state index in [0.717, 1.165) is 0 Å². The van der Waals surface area contributed by atoms with Gasteiger partial charge in [-0.05, 0) is 18.6 Å². The Balaban J connectivity index is 2.75. The summed E-state index contributed by atoms with van der Waals surface area (Å²) < 4.78 is 18.0. The van der Waals surface area contributed by atoms with Crippen LogP contribution in [0.25, 0.3) is 0 Å². The van der Waals surface area contributed by atoms with Crippen molar-refractivity contribution in [1.82, 2.24) is 0 Å². The summed E-state index contributed by atoms with van der Waals surface area (Å²) in [5.41, 5.74) is 5.90. The van der Waals surface area contributed by atoms with Crippen LogP contribution >= 0.6 is 0 Å². The van der Waals surface area contributed by atoms with Crippen LogP contribution in [0.4, 0.5) is 10.1 Å². The summed E-state index contributed by atoms with van der Waals surface area (Å²) in [5.74, 6) is -0.713. The van der Waals surface area contributed by atoms with E-state index in [-0.39, 0.29) is 11.7 Å². The molecule has 0 fully saturated rings. The second-order valence-electron chi connectivity index (χ2n) is 3.35. The van der Waals surface area contributed by atoms with Crippen LogP contribution in [0.5, 0.6) is 5.75 Å². The molecule has 5 heteroatoms. The molecule has 1 amide bonds. The van der Waals surface area contributed by atoms with Crippen molar-refractivity contribution < 1.29 is 13.9 Å². The van der Waals surface area contributed by atoms with E-state index in [1.165, 1.54) is 19.2 Å². The molecule has 88 valence electrons. The number of carbonyl (C=O) groups excluding carboxylic acids is 1. The molecule has 0 saturated heterocycles. The van der Waals surface area contributed by atoms with Crippen LogP contribution in [0.1, 0.15) is 13.3 Å². The van der Waals surface area contributed by atoms with Crippen molar-refractivity contribution in [2.75, 3.05) is 12.4 Å². The molecular formula is C11H15FN2O2. The molecule has 0 aromatic heterocycles. The zero-order valence-corrected chi connectivity index (χ0v) is 9.29. The summed E-state index contributed by atoms with van der Waals surface area (Å²) >= 11 is 0. The first-order chi connectivity index (χ1) is 7.58. The van der Waals surface area contributed by atoms with Gasteiger partial charge in [0.1, 0.15) is 0 Å². The lowest BCUT2D eigenvalue weighted by atomic mass is 10.2. The van der Waals surface area contributed by atoms with Gasteiger partial charge in [0.25, 0.3) is 0 Å². The van der Waals surface area contributed by atoms with Crippen LogP contribution in [0.2, 0.25) is 0 Å². The number of nitrogens with one attached hydrogen (secondary N) is 1. The van der Waals surface area contributed by atoms with Gasteiger partial charge in [-0.1, -0.05) is 6.92 Å². The average molecular weight is 226 g/mol. The summed E-state index contributed by atoms with van der Waals surface area (Å²) in [6, 6.07) is 3.62. The summed E-state index contributed by atoms with van der Waals surface area (Å²) in [6.45, 7) is 1.80. The normalized spacial score (nSPS) is 12.0. The van der Waals surface area contributed by atoms with E-state index < -0.39 is 11.9 Å². The van der Waals surface area contributed by atoms with Gasteiger partial charge in [0.05, 0.1) is 13.2 Å². The maximum Gasteiger partial charge on any atom is 0.241 e. The molecule has 16 heavy (non-hydrogen) atoms. The zero-order valence-electron chi connectivity index (χ0n) is 9.29. The fourth-order valence-electron chi connectivity index (χ4n) is 1.16. The van der Waals surface area contributed by atoms with E-state index in [2.05, 4.69) is 5.32 Å². The molecule has 3 N–H and O–H groups in total. The highest BCUT2D eigenvalue weighted by Crippen LogP contribution is 2.20. The molecule has 0 spiro atoms. The Hall–Kier alpha value is -1.62. The maximum absolute atomic E-state index is 13.3. The molecule has 4 nitrogen and oxygen atoms in total. The van der Waals surface area contributed by atoms with E-state index in [0.29, 0.717) is 12.1 Å². The Kier molecular flexibility index (Phi) is 4.25. The van der Waals surface area contributed by atoms with Gasteiger partial charge in [0.15, 0.2) is 11.6 Å². The van der Waals surface area contributed by atoms with Crippen molar-refractivity contribution in [3.63, 3.8) is 0 Å². The van der Waals surface area contributed by atoms with Crippen molar-refractivity contribution >= 4 is 11.6 Å². The van der Waals surface area contributed by atoms with Gasteiger partial charge in [-0.25, -0.2) is 4.39 Å². The third-order valence-corrected chi connectivity index (χ3v) is 2.20. The zero-order chi connectivity index (χ0) is 12.1. The second kappa shape index (κ2) is 5.46. The van der Waals surface area contributed by atoms with Gasteiger partial charge in [-0.15, -0.1) is 0 Å². The number of hydrogen-bond acceptors (Lipinski definition) is 3. The van der Waals surface area contributed by atoms with Gasteiger partial charge in [0.2, 0.25) is 5.91 Å². The molecule has 1 aromatic carbocycles. The van der Waals surface area contributed by atoms with Crippen molar-refractivity contribution in [1.29, 1.82) is 0 Å². The first-order valence-corrected chi connectivity index (χ1v) is 4.98. The molecule has 1 atom stereocenters. The SMILES string of the molecule is CC[C@@H](N)C(=O)Nc1ccc(OC)c(F)c1. The van der Waals surface area contributed by atoms with Gasteiger partial charge in [-0.2, -0.15) is 0 Å². The van der Waals surface area contributed by atoms with Crippen molar-refractivity contribution in [2.24, 2.45) is 5.73 Å². The molecule has 0 aliphatic rings. The standard InChI is InChI=1S/C11H15FN2O2/c1-3-9(13)11(15)14-7-4-5-10(16-2)8(12)6-7/h4-6,9H,3,13H2,1-2H3,(H,14,15)/t9-/m1/s1. The summed E-state index contributed by atoms with van der Waals surface area (Å²) in [5, 5.41) is 2.53. The van der Waals surface area contributed by atoms with Crippen molar-refractivity contribution in [3.8, 4) is 5.75 Å². The summed E-state index contributed by atoms with van der Waals surface area (Å²) in [4.78, 5) is 11.4. The number of halogens is 1. The number of methoxy groups -OCH3 is 1. The monoisotopic (exact) mass is 226 g/mol. The Labute approximate surface area is 93.6 Å². The van der Waals surface area contributed by atoms with E-state index in [9.17, 15) is 9.18 Å². The number of rotatable bonds is 4. The average Bonchev–Trinajstić information content (AvgIpc) is 2.28. The number of carbonyl (C=O) groups is 1. The fourth-order valence-corrected chi connectivity index (χ4v) is 1.16. The van der Waals surface area contributed by atoms with Gasteiger partial charge in [-0.3, -0.25) is 4.79 Å². The van der Waals surface area contributed by atoms with Gasteiger partial charge >= 0.3 is 0 Å². The summed E-state index contributed by atoms with van der Waals surface area (Å²) in [7, 11) is 1.38. The van der Waals surface area contributed by atoms with Gasteiger partial charge < -0.3 is 15.8 Å². The van der Waals surface area contributed by atoms with E-state index in [1.54, 1.807) is 13.0 Å². The molecule has 0 aliphatic heterocycles. The minimum Gasteiger partial charge on any atom is -0.494 e. The predicted octanol–water partition coefficient (Wildman–Crippen LogP) is 1.51. The number of nitrogens with two attached hydrogens (primary N) is 1. The molecule has 0 saturated carbocycles. The predicted molar refractivity (Wildman–Crippen MR) is 59.8 cm³/mol. The number of amides is 1. The van der Waals surface area contributed by atoms with Crippen LogP contribution in [0.3, 0.4) is 0 Å². The van der Waals surface area contributed by atoms with Crippen LogP contribution in [-0.4, -0.2) is 19.1 Å². The van der Waals surface area contributed by atoms with Crippen molar-refractivity contribution in [3.05, 3.63) is 24.0 Å².